The summed E-state index contributed by atoms with van der Waals surface area (Å²) in [4.78, 5) is 26.2. The lowest BCUT2D eigenvalue weighted by molar-refractivity contribution is 0.0776. The number of amides is 1. The molecule has 1 spiro atoms. The van der Waals surface area contributed by atoms with Crippen molar-refractivity contribution in [2.24, 2.45) is 0 Å². The second-order valence-corrected chi connectivity index (χ2v) is 7.08. The van der Waals surface area contributed by atoms with Crippen LogP contribution < -0.4 is 4.90 Å². The summed E-state index contributed by atoms with van der Waals surface area (Å²) >= 11 is 0. The van der Waals surface area contributed by atoms with E-state index in [9.17, 15) is 4.79 Å². The maximum atomic E-state index is 13.0. The van der Waals surface area contributed by atoms with Gasteiger partial charge in [0.15, 0.2) is 5.82 Å². The van der Waals surface area contributed by atoms with Crippen molar-refractivity contribution in [1.29, 1.82) is 0 Å². The van der Waals surface area contributed by atoms with Gasteiger partial charge in [-0.3, -0.25) is 9.78 Å². The van der Waals surface area contributed by atoms with Crippen molar-refractivity contribution in [1.82, 2.24) is 19.4 Å². The third kappa shape index (κ3) is 2.22. The van der Waals surface area contributed by atoms with E-state index in [0.29, 0.717) is 18.8 Å². The van der Waals surface area contributed by atoms with E-state index in [0.717, 1.165) is 24.5 Å². The molecule has 1 fully saturated rings. The predicted octanol–water partition coefficient (Wildman–Crippen LogP) is 2.85. The minimum absolute atomic E-state index is 0.00128. The van der Waals surface area contributed by atoms with Gasteiger partial charge in [-0.2, -0.15) is 0 Å². The largest absolute Gasteiger partial charge is 0.356 e. The zero-order chi connectivity index (χ0) is 18.4. The van der Waals surface area contributed by atoms with Gasteiger partial charge < -0.3 is 14.4 Å². The Balaban J connectivity index is 1.58. The SMILES string of the molecule is CCN1c2cccnc2-n2cccc2[C@@]12CCN(C(=O)c1ccccn1)C2. The number of likely N-dealkylation sites (N-methyl/N-ethyl adjacent to an activating group) is 1. The second kappa shape index (κ2) is 5.94. The smallest absolute Gasteiger partial charge is 0.272 e. The number of likely N-dealkylation sites (tertiary alicyclic amines) is 1. The Kier molecular flexibility index (Phi) is 3.53. The van der Waals surface area contributed by atoms with E-state index in [1.807, 2.05) is 29.3 Å². The summed E-state index contributed by atoms with van der Waals surface area (Å²) in [5.74, 6) is 0.957. The monoisotopic (exact) mass is 359 g/mol. The fraction of sp³-hybridized carbons (Fsp3) is 0.286. The van der Waals surface area contributed by atoms with Gasteiger partial charge in [0.05, 0.1) is 11.4 Å². The van der Waals surface area contributed by atoms with Crippen LogP contribution in [0.2, 0.25) is 0 Å². The standard InChI is InChI=1S/C21H21N5O/c1-2-26-17-8-5-12-23-19(17)25-13-6-9-18(25)21(26)10-14-24(15-21)20(27)16-7-3-4-11-22-16/h3-9,11-13H,2,10,14-15H2,1H3/t21-/m0/s1. The number of aromatic nitrogens is 3. The van der Waals surface area contributed by atoms with Crippen LogP contribution in [0.4, 0.5) is 5.69 Å². The van der Waals surface area contributed by atoms with Crippen molar-refractivity contribution < 1.29 is 4.79 Å². The molecule has 0 saturated carbocycles. The molecule has 3 aromatic rings. The number of fused-ring (bicyclic) bond motifs is 4. The Morgan fingerprint density at radius 2 is 2.00 bits per heavy atom. The molecule has 0 bridgehead atoms. The minimum Gasteiger partial charge on any atom is -0.356 e. The van der Waals surface area contributed by atoms with Crippen LogP contribution in [0.1, 0.15) is 29.5 Å². The third-order valence-corrected chi connectivity index (χ3v) is 5.76. The van der Waals surface area contributed by atoms with E-state index < -0.39 is 0 Å². The van der Waals surface area contributed by atoms with Crippen LogP contribution in [-0.2, 0) is 5.54 Å². The molecule has 6 heteroatoms. The maximum Gasteiger partial charge on any atom is 0.272 e. The number of carbonyl (C=O) groups is 1. The van der Waals surface area contributed by atoms with Gasteiger partial charge in [-0.05, 0) is 49.7 Å². The first kappa shape index (κ1) is 16.1. The molecule has 1 atom stereocenters. The maximum absolute atomic E-state index is 13.0. The van der Waals surface area contributed by atoms with Crippen molar-refractivity contribution in [3.05, 3.63) is 72.4 Å². The molecular formula is C21H21N5O. The normalized spacial score (nSPS) is 20.6. The summed E-state index contributed by atoms with van der Waals surface area (Å²) in [7, 11) is 0. The van der Waals surface area contributed by atoms with E-state index >= 15 is 0 Å². The van der Waals surface area contributed by atoms with Crippen LogP contribution >= 0.6 is 0 Å². The van der Waals surface area contributed by atoms with E-state index in [-0.39, 0.29) is 11.4 Å². The molecule has 1 amide bonds. The quantitative estimate of drug-likeness (QED) is 0.706. The zero-order valence-corrected chi connectivity index (χ0v) is 15.2. The molecule has 5 rings (SSSR count). The molecule has 0 N–H and O–H groups in total. The Bertz CT molecular complexity index is 999. The summed E-state index contributed by atoms with van der Waals surface area (Å²) in [5, 5.41) is 0. The highest BCUT2D eigenvalue weighted by molar-refractivity contribution is 5.92. The summed E-state index contributed by atoms with van der Waals surface area (Å²) in [6, 6.07) is 13.8. The van der Waals surface area contributed by atoms with E-state index in [2.05, 4.69) is 50.8 Å². The average molecular weight is 359 g/mol. The van der Waals surface area contributed by atoms with Gasteiger partial charge >= 0.3 is 0 Å². The predicted molar refractivity (Wildman–Crippen MR) is 103 cm³/mol. The molecule has 6 nitrogen and oxygen atoms in total. The van der Waals surface area contributed by atoms with Gasteiger partial charge in [0, 0.05) is 38.2 Å². The molecule has 0 aromatic carbocycles. The fourth-order valence-corrected chi connectivity index (χ4v) is 4.62. The number of hydrogen-bond donors (Lipinski definition) is 0. The lowest BCUT2D eigenvalue weighted by Gasteiger charge is -2.46. The van der Waals surface area contributed by atoms with Gasteiger partial charge in [0.25, 0.3) is 5.91 Å². The Labute approximate surface area is 158 Å². The molecule has 27 heavy (non-hydrogen) atoms. The Morgan fingerprint density at radius 3 is 2.81 bits per heavy atom. The van der Waals surface area contributed by atoms with E-state index in [1.165, 1.54) is 5.69 Å². The Hall–Kier alpha value is -3.15. The number of nitrogens with zero attached hydrogens (tertiary/aromatic N) is 5. The molecule has 1 saturated heterocycles. The molecule has 2 aliphatic rings. The minimum atomic E-state index is -0.237. The highest BCUT2D eigenvalue weighted by atomic mass is 16.2. The van der Waals surface area contributed by atoms with Crippen molar-refractivity contribution in [2.75, 3.05) is 24.5 Å². The van der Waals surface area contributed by atoms with Crippen LogP contribution in [0.15, 0.2) is 61.1 Å². The number of carbonyl (C=O) groups excluding carboxylic acids is 1. The van der Waals surface area contributed by atoms with E-state index in [1.54, 1.807) is 12.3 Å². The first-order valence-electron chi connectivity index (χ1n) is 9.36. The number of pyridine rings is 2. The first-order chi connectivity index (χ1) is 13.2. The molecular weight excluding hydrogens is 338 g/mol. The van der Waals surface area contributed by atoms with E-state index in [4.69, 9.17) is 0 Å². The highest BCUT2D eigenvalue weighted by Gasteiger charge is 2.50. The van der Waals surface area contributed by atoms with Crippen molar-refractivity contribution in [3.8, 4) is 5.82 Å². The second-order valence-electron chi connectivity index (χ2n) is 7.08. The van der Waals surface area contributed by atoms with Gasteiger partial charge in [0.2, 0.25) is 0 Å². The number of hydrogen-bond acceptors (Lipinski definition) is 4. The highest BCUT2D eigenvalue weighted by Crippen LogP contribution is 2.46. The van der Waals surface area contributed by atoms with Crippen LogP contribution in [0.5, 0.6) is 0 Å². The summed E-state index contributed by atoms with van der Waals surface area (Å²) in [6.07, 6.45) is 6.46. The summed E-state index contributed by atoms with van der Waals surface area (Å²) in [5.41, 5.74) is 2.59. The summed E-state index contributed by atoms with van der Waals surface area (Å²) in [6.45, 7) is 4.39. The van der Waals surface area contributed by atoms with Crippen LogP contribution in [0.3, 0.4) is 0 Å². The molecule has 2 aliphatic heterocycles. The topological polar surface area (TPSA) is 54.3 Å². The van der Waals surface area contributed by atoms with Crippen molar-refractivity contribution in [2.45, 2.75) is 18.9 Å². The Morgan fingerprint density at radius 1 is 1.11 bits per heavy atom. The molecule has 3 aromatic heterocycles. The van der Waals surface area contributed by atoms with Gasteiger partial charge in [-0.1, -0.05) is 6.07 Å². The fourth-order valence-electron chi connectivity index (χ4n) is 4.62. The number of rotatable bonds is 2. The van der Waals surface area contributed by atoms with Gasteiger partial charge in [-0.25, -0.2) is 4.98 Å². The first-order valence-corrected chi connectivity index (χ1v) is 9.36. The lowest BCUT2D eigenvalue weighted by Crippen LogP contribution is -2.52. The van der Waals surface area contributed by atoms with Crippen molar-refractivity contribution in [3.63, 3.8) is 0 Å². The van der Waals surface area contributed by atoms with Gasteiger partial charge in [0.1, 0.15) is 11.2 Å². The van der Waals surface area contributed by atoms with Crippen LogP contribution in [-0.4, -0.2) is 45.0 Å². The molecule has 136 valence electrons. The zero-order valence-electron chi connectivity index (χ0n) is 15.2. The molecule has 5 heterocycles. The number of anilines is 1. The molecule has 0 unspecified atom stereocenters. The average Bonchev–Trinajstić information content (AvgIpc) is 3.37. The molecule has 0 radical (unpaired) electrons. The van der Waals surface area contributed by atoms with Crippen LogP contribution in [0.25, 0.3) is 5.82 Å². The van der Waals surface area contributed by atoms with Crippen molar-refractivity contribution >= 4 is 11.6 Å². The third-order valence-electron chi connectivity index (χ3n) is 5.76. The molecule has 0 aliphatic carbocycles. The summed E-state index contributed by atoms with van der Waals surface area (Å²) < 4.78 is 2.18. The van der Waals surface area contributed by atoms with Gasteiger partial charge in [-0.15, -0.1) is 0 Å². The van der Waals surface area contributed by atoms with Crippen LogP contribution in [0, 0.1) is 0 Å². The lowest BCUT2D eigenvalue weighted by atomic mass is 9.89.